The minimum Gasteiger partial charge on any atom is -0.395 e. The number of aliphatic hydroxyl groups is 1. The molecule has 2 atom stereocenters. The maximum Gasteiger partial charge on any atom is 0.0584 e. The van der Waals surface area contributed by atoms with E-state index in [0.29, 0.717) is 11.5 Å². The van der Waals surface area contributed by atoms with E-state index in [1.165, 1.54) is 25.7 Å². The van der Waals surface area contributed by atoms with E-state index in [9.17, 15) is 5.11 Å². The van der Waals surface area contributed by atoms with Gasteiger partial charge in [-0.25, -0.2) is 0 Å². The van der Waals surface area contributed by atoms with Gasteiger partial charge in [0.1, 0.15) is 0 Å². The lowest BCUT2D eigenvalue weighted by molar-refractivity contribution is 0.182. The van der Waals surface area contributed by atoms with Crippen molar-refractivity contribution in [2.24, 2.45) is 11.3 Å². The summed E-state index contributed by atoms with van der Waals surface area (Å²) in [7, 11) is 0. The Morgan fingerprint density at radius 1 is 1.31 bits per heavy atom. The van der Waals surface area contributed by atoms with E-state index in [1.807, 2.05) is 0 Å². The molecule has 1 aliphatic carbocycles. The van der Waals surface area contributed by atoms with Gasteiger partial charge in [-0.15, -0.1) is 0 Å². The van der Waals surface area contributed by atoms with Crippen molar-refractivity contribution < 1.29 is 5.11 Å². The molecule has 1 saturated carbocycles. The first-order chi connectivity index (χ1) is 7.46. The zero-order valence-electron chi connectivity index (χ0n) is 11.4. The summed E-state index contributed by atoms with van der Waals surface area (Å²) in [6.07, 6.45) is 6.31. The molecule has 0 heterocycles. The third-order valence-electron chi connectivity index (χ3n) is 3.32. The average Bonchev–Trinajstić information content (AvgIpc) is 2.97. The smallest absolute Gasteiger partial charge is 0.0584 e. The highest BCUT2D eigenvalue weighted by Gasteiger charge is 2.32. The molecule has 0 bridgehead atoms. The first-order valence-electron chi connectivity index (χ1n) is 6.83. The van der Waals surface area contributed by atoms with Crippen LogP contribution in [0.15, 0.2) is 0 Å². The Balaban J connectivity index is 2.40. The highest BCUT2D eigenvalue weighted by molar-refractivity contribution is 4.89. The Bertz CT molecular complexity index is 193. The molecular formula is C14H29NO. The largest absolute Gasteiger partial charge is 0.395 e. The number of nitrogens with one attached hydrogen (secondary N) is 1. The minimum absolute atomic E-state index is 0.268. The molecule has 2 unspecified atom stereocenters. The summed E-state index contributed by atoms with van der Waals surface area (Å²) in [6.45, 7) is 9.23. The molecule has 0 saturated heterocycles. The van der Waals surface area contributed by atoms with Crippen LogP contribution in [0.2, 0.25) is 0 Å². The van der Waals surface area contributed by atoms with E-state index in [0.717, 1.165) is 12.3 Å². The van der Waals surface area contributed by atoms with Gasteiger partial charge in [-0.1, -0.05) is 34.1 Å². The van der Waals surface area contributed by atoms with Crippen molar-refractivity contribution in [1.82, 2.24) is 5.32 Å². The molecule has 0 radical (unpaired) electrons. The standard InChI is InChI=1S/C14H29NO/c1-5-6-13(11-7-8-11)15-12(10-16)9-14(2,3)4/h11-13,15-16H,5-10H2,1-4H3. The molecule has 2 nitrogen and oxygen atoms in total. The summed E-state index contributed by atoms with van der Waals surface area (Å²) in [5.41, 5.74) is 0.292. The number of hydrogen-bond donors (Lipinski definition) is 2. The van der Waals surface area contributed by atoms with Gasteiger partial charge in [-0.2, -0.15) is 0 Å². The van der Waals surface area contributed by atoms with Crippen LogP contribution >= 0.6 is 0 Å². The summed E-state index contributed by atoms with van der Waals surface area (Å²) >= 11 is 0. The van der Waals surface area contributed by atoms with Gasteiger partial charge in [0.25, 0.3) is 0 Å². The molecule has 0 aromatic heterocycles. The lowest BCUT2D eigenvalue weighted by atomic mass is 9.87. The van der Waals surface area contributed by atoms with Crippen LogP contribution < -0.4 is 5.32 Å². The predicted octanol–water partition coefficient (Wildman–Crippen LogP) is 2.95. The molecule has 0 amide bonds. The topological polar surface area (TPSA) is 32.3 Å². The quantitative estimate of drug-likeness (QED) is 0.701. The van der Waals surface area contributed by atoms with Gasteiger partial charge in [0, 0.05) is 12.1 Å². The van der Waals surface area contributed by atoms with Crippen molar-refractivity contribution >= 4 is 0 Å². The van der Waals surface area contributed by atoms with Crippen molar-refractivity contribution in [3.8, 4) is 0 Å². The first kappa shape index (κ1) is 14.0. The Labute approximate surface area is 101 Å². The van der Waals surface area contributed by atoms with Gasteiger partial charge < -0.3 is 10.4 Å². The van der Waals surface area contributed by atoms with Crippen LogP contribution in [-0.4, -0.2) is 23.8 Å². The Kier molecular flexibility index (Phi) is 5.26. The fraction of sp³-hybridized carbons (Fsp3) is 1.00. The zero-order chi connectivity index (χ0) is 12.2. The number of aliphatic hydroxyl groups excluding tert-OH is 1. The lowest BCUT2D eigenvalue weighted by Crippen LogP contribution is -2.43. The molecule has 1 aliphatic rings. The van der Waals surface area contributed by atoms with Crippen LogP contribution in [0.4, 0.5) is 0 Å². The molecule has 2 heteroatoms. The molecule has 0 aliphatic heterocycles. The normalized spacial score (nSPS) is 20.8. The second-order valence-electron chi connectivity index (χ2n) is 6.54. The molecule has 2 N–H and O–H groups in total. The average molecular weight is 227 g/mol. The Hall–Kier alpha value is -0.0800. The number of rotatable bonds is 7. The van der Waals surface area contributed by atoms with Crippen molar-refractivity contribution in [2.45, 2.75) is 71.9 Å². The maximum atomic E-state index is 9.45. The second kappa shape index (κ2) is 6.02. The van der Waals surface area contributed by atoms with Crippen LogP contribution in [0.3, 0.4) is 0 Å². The molecule has 1 fully saturated rings. The zero-order valence-corrected chi connectivity index (χ0v) is 11.4. The van der Waals surface area contributed by atoms with Gasteiger partial charge in [0.2, 0.25) is 0 Å². The van der Waals surface area contributed by atoms with Crippen LogP contribution in [0.25, 0.3) is 0 Å². The molecule has 0 spiro atoms. The molecule has 0 aromatic rings. The van der Waals surface area contributed by atoms with E-state index < -0.39 is 0 Å². The van der Waals surface area contributed by atoms with E-state index in [1.54, 1.807) is 0 Å². The van der Waals surface area contributed by atoms with E-state index in [-0.39, 0.29) is 12.6 Å². The maximum absolute atomic E-state index is 9.45. The second-order valence-corrected chi connectivity index (χ2v) is 6.54. The van der Waals surface area contributed by atoms with Crippen molar-refractivity contribution in [3.05, 3.63) is 0 Å². The molecule has 0 aromatic carbocycles. The molecular weight excluding hydrogens is 198 g/mol. The Morgan fingerprint density at radius 2 is 1.94 bits per heavy atom. The Morgan fingerprint density at radius 3 is 2.31 bits per heavy atom. The fourth-order valence-corrected chi connectivity index (χ4v) is 2.48. The minimum atomic E-state index is 0.268. The van der Waals surface area contributed by atoms with Gasteiger partial charge in [0.05, 0.1) is 6.61 Å². The molecule has 96 valence electrons. The highest BCUT2D eigenvalue weighted by atomic mass is 16.3. The summed E-state index contributed by atoms with van der Waals surface area (Å²) in [5.74, 6) is 0.883. The monoisotopic (exact) mass is 227 g/mol. The third-order valence-corrected chi connectivity index (χ3v) is 3.32. The number of hydrogen-bond acceptors (Lipinski definition) is 2. The van der Waals surface area contributed by atoms with Gasteiger partial charge in [-0.05, 0) is 37.0 Å². The predicted molar refractivity (Wildman–Crippen MR) is 69.5 cm³/mol. The van der Waals surface area contributed by atoms with Gasteiger partial charge in [0.15, 0.2) is 0 Å². The van der Waals surface area contributed by atoms with Crippen LogP contribution in [0, 0.1) is 11.3 Å². The fourth-order valence-electron chi connectivity index (χ4n) is 2.48. The summed E-state index contributed by atoms with van der Waals surface area (Å²) in [4.78, 5) is 0. The van der Waals surface area contributed by atoms with Crippen molar-refractivity contribution in [2.75, 3.05) is 6.61 Å². The van der Waals surface area contributed by atoms with Gasteiger partial charge in [-0.3, -0.25) is 0 Å². The van der Waals surface area contributed by atoms with Crippen LogP contribution in [0.5, 0.6) is 0 Å². The summed E-state index contributed by atoms with van der Waals surface area (Å²) in [6, 6.07) is 0.918. The first-order valence-corrected chi connectivity index (χ1v) is 6.83. The van der Waals surface area contributed by atoms with Crippen LogP contribution in [0.1, 0.15) is 59.8 Å². The highest BCUT2D eigenvalue weighted by Crippen LogP contribution is 2.35. The van der Waals surface area contributed by atoms with E-state index in [4.69, 9.17) is 0 Å². The summed E-state index contributed by atoms with van der Waals surface area (Å²) in [5, 5.41) is 13.1. The van der Waals surface area contributed by atoms with Gasteiger partial charge >= 0.3 is 0 Å². The SMILES string of the molecule is CCCC(NC(CO)CC(C)(C)C)C1CC1. The van der Waals surface area contributed by atoms with Crippen LogP contribution in [-0.2, 0) is 0 Å². The molecule has 1 rings (SSSR count). The van der Waals surface area contributed by atoms with Crippen molar-refractivity contribution in [1.29, 1.82) is 0 Å². The molecule has 16 heavy (non-hydrogen) atoms. The third kappa shape index (κ3) is 5.31. The van der Waals surface area contributed by atoms with E-state index >= 15 is 0 Å². The van der Waals surface area contributed by atoms with Crippen molar-refractivity contribution in [3.63, 3.8) is 0 Å². The summed E-state index contributed by atoms with van der Waals surface area (Å²) < 4.78 is 0. The lowest BCUT2D eigenvalue weighted by Gasteiger charge is -2.29. The van der Waals surface area contributed by atoms with E-state index in [2.05, 4.69) is 33.0 Å².